The minimum Gasteiger partial charge on any atom is -0.394 e. The molecule has 3 aliphatic heterocycles. The van der Waals surface area contributed by atoms with Crippen molar-refractivity contribution in [1.82, 2.24) is 5.32 Å². The third kappa shape index (κ3) is 40.7. The summed E-state index contributed by atoms with van der Waals surface area (Å²) in [6, 6.07) is -0.979. The van der Waals surface area contributed by atoms with Crippen LogP contribution in [0.2, 0.25) is 0 Å². The van der Waals surface area contributed by atoms with E-state index in [2.05, 4.69) is 92.1 Å². The highest BCUT2D eigenvalue weighted by Gasteiger charge is 2.53. The lowest BCUT2D eigenvalue weighted by Gasteiger charge is -2.48. The molecular formula is C80H141NO18. The molecule has 574 valence electrons. The summed E-state index contributed by atoms with van der Waals surface area (Å²) >= 11 is 0. The smallest absolute Gasteiger partial charge is 0.220 e. The molecule has 0 aromatic carbocycles. The molecule has 0 saturated carbocycles. The first-order chi connectivity index (χ1) is 48.3. The molecule has 3 heterocycles. The van der Waals surface area contributed by atoms with Crippen molar-refractivity contribution >= 4 is 5.91 Å². The van der Waals surface area contributed by atoms with Crippen LogP contribution in [0.3, 0.4) is 0 Å². The van der Waals surface area contributed by atoms with Gasteiger partial charge in [-0.25, -0.2) is 0 Å². The highest BCUT2D eigenvalue weighted by atomic mass is 16.8. The zero-order valence-corrected chi connectivity index (χ0v) is 61.2. The van der Waals surface area contributed by atoms with Gasteiger partial charge in [-0.15, -0.1) is 0 Å². The van der Waals surface area contributed by atoms with Gasteiger partial charge in [-0.2, -0.15) is 0 Å². The minimum absolute atomic E-state index is 0.239. The molecule has 3 rings (SSSR count). The first-order valence-corrected chi connectivity index (χ1v) is 39.3. The normalized spacial score (nSPS) is 27.1. The van der Waals surface area contributed by atoms with Crippen molar-refractivity contribution in [2.24, 2.45) is 0 Å². The monoisotopic (exact) mass is 1400 g/mol. The fourth-order valence-electron chi connectivity index (χ4n) is 12.9. The number of carbonyl (C=O) groups is 1. The summed E-state index contributed by atoms with van der Waals surface area (Å²) in [7, 11) is 0. The number of aliphatic hydroxyl groups excluding tert-OH is 11. The summed E-state index contributed by atoms with van der Waals surface area (Å²) in [4.78, 5) is 13.5. The average Bonchev–Trinajstić information content (AvgIpc) is 0.761. The highest BCUT2D eigenvalue weighted by molar-refractivity contribution is 5.76. The SMILES string of the molecule is CC/C=C\C/C=C\C/C=C\C/C=C\C/C=C\C/C=C\CCCCCCCCCCCCCCCCC(=O)NC(COC1OC(CO)C(OC2OC(CO)C(OC3OC(CO)C(O)C(O)C3O)C(O)C2O)C(O)C1O)C(O)/C=C/CCCCCCCCCCCCCCCCCCCCC. The van der Waals surface area contributed by atoms with Crippen molar-refractivity contribution in [3.63, 3.8) is 0 Å². The first kappa shape index (κ1) is 90.2. The van der Waals surface area contributed by atoms with Gasteiger partial charge in [-0.05, 0) is 70.6 Å². The molecule has 3 saturated heterocycles. The number of nitrogens with one attached hydrogen (secondary N) is 1. The molecule has 17 atom stereocenters. The molecule has 0 aromatic rings. The van der Waals surface area contributed by atoms with E-state index >= 15 is 0 Å². The Morgan fingerprint density at radius 3 is 1.09 bits per heavy atom. The molecular weight excluding hydrogens is 1260 g/mol. The van der Waals surface area contributed by atoms with Crippen LogP contribution in [0.15, 0.2) is 85.1 Å². The zero-order chi connectivity index (χ0) is 71.8. The average molecular weight is 1400 g/mol. The van der Waals surface area contributed by atoms with Crippen LogP contribution in [0.1, 0.15) is 284 Å². The maximum absolute atomic E-state index is 13.5. The Morgan fingerprint density at radius 2 is 0.697 bits per heavy atom. The predicted octanol–water partition coefficient (Wildman–Crippen LogP) is 12.6. The van der Waals surface area contributed by atoms with E-state index in [0.29, 0.717) is 6.42 Å². The van der Waals surface area contributed by atoms with E-state index in [9.17, 15) is 61.0 Å². The molecule has 0 aromatic heterocycles. The first-order valence-electron chi connectivity index (χ1n) is 39.3. The molecule has 0 radical (unpaired) electrons. The minimum atomic E-state index is -1.98. The number of allylic oxidation sites excluding steroid dienone is 13. The Balaban J connectivity index is 1.37. The molecule has 17 unspecified atom stereocenters. The van der Waals surface area contributed by atoms with Crippen LogP contribution in [0, 0.1) is 0 Å². The number of hydrogen-bond donors (Lipinski definition) is 12. The van der Waals surface area contributed by atoms with Crippen LogP contribution in [0.4, 0.5) is 0 Å². The summed E-state index contributed by atoms with van der Waals surface area (Å²) in [5.74, 6) is -0.276. The molecule has 3 aliphatic rings. The lowest BCUT2D eigenvalue weighted by molar-refractivity contribution is -0.379. The Kier molecular flexibility index (Phi) is 54.9. The standard InChI is InChI=1S/C80H141NO18/c1-3-5-7-9-11-13-15-17-19-21-23-25-26-27-28-29-30-31-32-33-34-35-36-38-40-42-44-46-48-50-52-54-56-58-68(86)81-63(64(85)57-55-53-51-49-47-45-43-41-39-37-24-22-20-18-16-14-12-10-8-6-4-2)62-94-78-74(92)71(89)76(66(60-83)96-78)99-80-75(93)72(90)77(67(61-84)97-80)98-79-73(91)70(88)69(87)65(59-82)95-79/h5,7,11,13,17,19,23,25,27-28,30-31,55,57,63-67,69-80,82-85,87-93H,3-4,6,8-10,12,14-16,18,20-22,24,26,29,32-54,56,58-62H2,1-2H3,(H,81,86)/b7-5-,13-11-,19-17-,25-23-,28-27-,31-30-,57-55+. The third-order valence-corrected chi connectivity index (χ3v) is 19.2. The molecule has 99 heavy (non-hydrogen) atoms. The van der Waals surface area contributed by atoms with Crippen LogP contribution in [0.5, 0.6) is 0 Å². The number of unbranched alkanes of at least 4 members (excludes halogenated alkanes) is 33. The van der Waals surface area contributed by atoms with Crippen LogP contribution >= 0.6 is 0 Å². The van der Waals surface area contributed by atoms with E-state index < -0.39 is 124 Å². The number of amides is 1. The Bertz CT molecular complexity index is 2120. The maximum atomic E-state index is 13.5. The van der Waals surface area contributed by atoms with E-state index in [1.54, 1.807) is 6.08 Å². The van der Waals surface area contributed by atoms with Crippen molar-refractivity contribution < 1.29 is 89.4 Å². The van der Waals surface area contributed by atoms with Gasteiger partial charge in [0.15, 0.2) is 18.9 Å². The molecule has 0 spiro atoms. The lowest BCUT2D eigenvalue weighted by atomic mass is 9.96. The molecule has 0 aliphatic carbocycles. The summed E-state index contributed by atoms with van der Waals surface area (Å²) in [5.41, 5.74) is 0. The van der Waals surface area contributed by atoms with E-state index in [0.717, 1.165) is 89.9 Å². The Hall–Kier alpha value is -3.03. The Labute approximate surface area is 597 Å². The summed E-state index contributed by atoms with van der Waals surface area (Å²) in [5, 5.41) is 121. The lowest BCUT2D eigenvalue weighted by Crippen LogP contribution is -2.66. The van der Waals surface area contributed by atoms with Gasteiger partial charge in [0.1, 0.15) is 73.2 Å². The van der Waals surface area contributed by atoms with Gasteiger partial charge in [-0.3, -0.25) is 4.79 Å². The number of ether oxygens (including phenoxy) is 6. The molecule has 12 N–H and O–H groups in total. The number of aliphatic hydroxyl groups is 11. The molecule has 0 bridgehead atoms. The molecule has 19 nitrogen and oxygen atoms in total. The van der Waals surface area contributed by atoms with Crippen molar-refractivity contribution in [2.75, 3.05) is 26.4 Å². The van der Waals surface area contributed by atoms with Gasteiger partial charge in [-0.1, -0.05) is 292 Å². The van der Waals surface area contributed by atoms with Crippen LogP contribution in [-0.4, -0.2) is 193 Å². The van der Waals surface area contributed by atoms with E-state index in [1.165, 1.54) is 167 Å². The fraction of sp³-hybridized carbons (Fsp3) is 0.812. The van der Waals surface area contributed by atoms with Crippen LogP contribution in [0.25, 0.3) is 0 Å². The fourth-order valence-corrected chi connectivity index (χ4v) is 12.9. The van der Waals surface area contributed by atoms with E-state index in [1.807, 2.05) is 6.08 Å². The molecule has 19 heteroatoms. The maximum Gasteiger partial charge on any atom is 0.220 e. The van der Waals surface area contributed by atoms with E-state index in [4.69, 9.17) is 28.4 Å². The topological polar surface area (TPSA) is 307 Å². The van der Waals surface area contributed by atoms with Gasteiger partial charge < -0.3 is 89.9 Å². The van der Waals surface area contributed by atoms with E-state index in [-0.39, 0.29) is 18.9 Å². The van der Waals surface area contributed by atoms with Crippen LogP contribution < -0.4 is 5.32 Å². The molecule has 3 fully saturated rings. The second kappa shape index (κ2) is 60.3. The highest BCUT2D eigenvalue weighted by Crippen LogP contribution is 2.33. The second-order valence-electron chi connectivity index (χ2n) is 27.8. The number of carbonyl (C=O) groups excluding carboxylic acids is 1. The van der Waals surface area contributed by atoms with Gasteiger partial charge in [0.05, 0.1) is 38.6 Å². The van der Waals surface area contributed by atoms with Crippen molar-refractivity contribution in [3.8, 4) is 0 Å². The van der Waals surface area contributed by atoms with Crippen LogP contribution in [-0.2, 0) is 33.2 Å². The van der Waals surface area contributed by atoms with Gasteiger partial charge in [0, 0.05) is 6.42 Å². The number of hydrogen-bond acceptors (Lipinski definition) is 18. The summed E-state index contributed by atoms with van der Waals surface area (Å²) in [6.07, 6.45) is 52.7. The van der Waals surface area contributed by atoms with Gasteiger partial charge >= 0.3 is 0 Å². The predicted molar refractivity (Wildman–Crippen MR) is 392 cm³/mol. The quantitative estimate of drug-likeness (QED) is 0.0199. The zero-order valence-electron chi connectivity index (χ0n) is 61.2. The third-order valence-electron chi connectivity index (χ3n) is 19.2. The largest absolute Gasteiger partial charge is 0.394 e. The molecule has 1 amide bonds. The summed E-state index contributed by atoms with van der Waals surface area (Å²) < 4.78 is 34.4. The van der Waals surface area contributed by atoms with Gasteiger partial charge in [0.25, 0.3) is 0 Å². The van der Waals surface area contributed by atoms with Crippen molar-refractivity contribution in [2.45, 2.75) is 388 Å². The number of rotatable bonds is 61. The van der Waals surface area contributed by atoms with Gasteiger partial charge in [0.2, 0.25) is 5.91 Å². The Morgan fingerprint density at radius 1 is 0.374 bits per heavy atom. The van der Waals surface area contributed by atoms with Crippen molar-refractivity contribution in [1.29, 1.82) is 0 Å². The summed E-state index contributed by atoms with van der Waals surface area (Å²) in [6.45, 7) is 1.65. The van der Waals surface area contributed by atoms with Crippen molar-refractivity contribution in [3.05, 3.63) is 85.1 Å². The second-order valence-corrected chi connectivity index (χ2v) is 27.8.